The average molecular weight is 443 g/mol. The summed E-state index contributed by atoms with van der Waals surface area (Å²) >= 11 is 0. The number of aromatic nitrogens is 1. The van der Waals surface area contributed by atoms with Crippen molar-refractivity contribution in [2.45, 2.75) is 45.1 Å². The number of benzene rings is 1. The second kappa shape index (κ2) is 8.58. The van der Waals surface area contributed by atoms with E-state index in [1.165, 1.54) is 16.4 Å². The van der Waals surface area contributed by atoms with Crippen molar-refractivity contribution >= 4 is 15.8 Å². The number of piperazine rings is 1. The Morgan fingerprint density at radius 2 is 1.71 bits per heavy atom. The standard InChI is InChI=1S/C23H30N4O3S/c1-17-14-20(18(2)27(17)23(3,4)5)21(28)16-25-10-12-26(13-11-25)31(29,30)22-9-7-6-8-19(22)15-24/h6-9,14H,10-13,16H2,1-5H3. The van der Waals surface area contributed by atoms with Crippen LogP contribution in [0.4, 0.5) is 0 Å². The molecule has 1 fully saturated rings. The summed E-state index contributed by atoms with van der Waals surface area (Å²) in [4.78, 5) is 15.0. The van der Waals surface area contributed by atoms with Crippen LogP contribution in [0, 0.1) is 25.2 Å². The molecule has 7 nitrogen and oxygen atoms in total. The van der Waals surface area contributed by atoms with Gasteiger partial charge < -0.3 is 4.57 Å². The number of carbonyl (C=O) groups excluding carboxylic acids is 1. The third kappa shape index (κ3) is 4.59. The van der Waals surface area contributed by atoms with Gasteiger partial charge in [-0.1, -0.05) is 12.1 Å². The molecule has 2 heterocycles. The van der Waals surface area contributed by atoms with E-state index >= 15 is 0 Å². The van der Waals surface area contributed by atoms with E-state index in [9.17, 15) is 18.5 Å². The van der Waals surface area contributed by atoms with Gasteiger partial charge in [-0.2, -0.15) is 9.57 Å². The molecule has 1 saturated heterocycles. The van der Waals surface area contributed by atoms with Crippen molar-refractivity contribution in [3.05, 3.63) is 52.8 Å². The van der Waals surface area contributed by atoms with Crippen LogP contribution in [0.1, 0.15) is 48.1 Å². The van der Waals surface area contributed by atoms with Crippen molar-refractivity contribution < 1.29 is 13.2 Å². The van der Waals surface area contributed by atoms with E-state index < -0.39 is 10.0 Å². The fourth-order valence-corrected chi connectivity index (χ4v) is 5.98. The minimum atomic E-state index is -3.74. The summed E-state index contributed by atoms with van der Waals surface area (Å²) in [7, 11) is -3.74. The highest BCUT2D eigenvalue weighted by Crippen LogP contribution is 2.25. The Morgan fingerprint density at radius 1 is 1.10 bits per heavy atom. The van der Waals surface area contributed by atoms with Gasteiger partial charge in [0.1, 0.15) is 6.07 Å². The van der Waals surface area contributed by atoms with Crippen LogP contribution in [0.2, 0.25) is 0 Å². The minimum absolute atomic E-state index is 0.0386. The normalized spacial score (nSPS) is 16.3. The topological polar surface area (TPSA) is 86.4 Å². The Hall–Kier alpha value is -2.47. The third-order valence-electron chi connectivity index (χ3n) is 5.73. The van der Waals surface area contributed by atoms with Crippen molar-refractivity contribution in [2.75, 3.05) is 32.7 Å². The zero-order valence-electron chi connectivity index (χ0n) is 18.8. The van der Waals surface area contributed by atoms with Crippen LogP contribution in [0.5, 0.6) is 0 Å². The first-order valence-electron chi connectivity index (χ1n) is 10.4. The zero-order valence-corrected chi connectivity index (χ0v) is 19.7. The van der Waals surface area contributed by atoms with Gasteiger partial charge in [0.25, 0.3) is 0 Å². The number of ketones is 1. The number of rotatable bonds is 5. The maximum atomic E-state index is 13.0. The molecule has 0 unspecified atom stereocenters. The van der Waals surface area contributed by atoms with Crippen LogP contribution in [0.15, 0.2) is 35.2 Å². The Morgan fingerprint density at radius 3 is 2.26 bits per heavy atom. The second-order valence-corrected chi connectivity index (χ2v) is 10.9. The number of hydrogen-bond acceptors (Lipinski definition) is 5. The number of carbonyl (C=O) groups is 1. The predicted octanol–water partition coefficient (Wildman–Crippen LogP) is 2.92. The summed E-state index contributed by atoms with van der Waals surface area (Å²) < 4.78 is 29.5. The number of nitriles is 1. The molecule has 2 aromatic rings. The van der Waals surface area contributed by atoms with Gasteiger partial charge in [-0.15, -0.1) is 0 Å². The van der Waals surface area contributed by atoms with E-state index in [-0.39, 0.29) is 41.4 Å². The molecule has 1 aliphatic heterocycles. The molecule has 166 valence electrons. The second-order valence-electron chi connectivity index (χ2n) is 9.00. The molecule has 0 spiro atoms. The molecule has 0 amide bonds. The molecule has 0 saturated carbocycles. The van der Waals surface area contributed by atoms with Crippen molar-refractivity contribution in [2.24, 2.45) is 0 Å². The summed E-state index contributed by atoms with van der Waals surface area (Å²) in [5.41, 5.74) is 2.79. The van der Waals surface area contributed by atoms with E-state index in [1.807, 2.05) is 30.9 Å². The van der Waals surface area contributed by atoms with Crippen LogP contribution < -0.4 is 0 Å². The largest absolute Gasteiger partial charge is 0.343 e. The SMILES string of the molecule is Cc1cc(C(=O)CN2CCN(S(=O)(=O)c3ccccc3C#N)CC2)c(C)n1C(C)(C)C. The lowest BCUT2D eigenvalue weighted by Gasteiger charge is -2.33. The van der Waals surface area contributed by atoms with Gasteiger partial charge in [0, 0.05) is 48.7 Å². The Labute approximate surface area is 184 Å². The molecule has 0 radical (unpaired) electrons. The maximum absolute atomic E-state index is 13.0. The van der Waals surface area contributed by atoms with Gasteiger partial charge in [-0.25, -0.2) is 8.42 Å². The minimum Gasteiger partial charge on any atom is -0.343 e. The molecule has 31 heavy (non-hydrogen) atoms. The first kappa shape index (κ1) is 23.2. The summed E-state index contributed by atoms with van der Waals surface area (Å²) in [6.07, 6.45) is 0. The summed E-state index contributed by atoms with van der Waals surface area (Å²) in [6, 6.07) is 10.1. The van der Waals surface area contributed by atoms with E-state index in [1.54, 1.807) is 12.1 Å². The van der Waals surface area contributed by atoms with E-state index in [4.69, 9.17) is 0 Å². The van der Waals surface area contributed by atoms with E-state index in [0.717, 1.165) is 17.0 Å². The van der Waals surface area contributed by atoms with E-state index in [2.05, 4.69) is 25.3 Å². The van der Waals surface area contributed by atoms with Crippen LogP contribution in [0.3, 0.4) is 0 Å². The molecule has 0 N–H and O–H groups in total. The highest BCUT2D eigenvalue weighted by atomic mass is 32.2. The molecule has 1 aliphatic rings. The van der Waals surface area contributed by atoms with Crippen LogP contribution >= 0.6 is 0 Å². The van der Waals surface area contributed by atoms with Gasteiger partial charge in [0.2, 0.25) is 10.0 Å². The van der Waals surface area contributed by atoms with Gasteiger partial charge in [0.15, 0.2) is 5.78 Å². The molecule has 1 aromatic heterocycles. The first-order valence-corrected chi connectivity index (χ1v) is 11.8. The Balaban J connectivity index is 1.69. The number of aryl methyl sites for hydroxylation is 1. The van der Waals surface area contributed by atoms with Crippen molar-refractivity contribution in [3.63, 3.8) is 0 Å². The highest BCUT2D eigenvalue weighted by molar-refractivity contribution is 7.89. The molecular weight excluding hydrogens is 412 g/mol. The Kier molecular flexibility index (Phi) is 6.42. The van der Waals surface area contributed by atoms with Crippen LogP contribution in [-0.2, 0) is 15.6 Å². The van der Waals surface area contributed by atoms with Crippen molar-refractivity contribution in [1.29, 1.82) is 5.26 Å². The number of Topliss-reactive ketones (excluding diaryl/α,β-unsaturated/α-hetero) is 1. The van der Waals surface area contributed by atoms with Gasteiger partial charge in [0.05, 0.1) is 17.0 Å². The van der Waals surface area contributed by atoms with Gasteiger partial charge >= 0.3 is 0 Å². The van der Waals surface area contributed by atoms with Crippen molar-refractivity contribution in [3.8, 4) is 6.07 Å². The molecule has 8 heteroatoms. The smallest absolute Gasteiger partial charge is 0.244 e. The van der Waals surface area contributed by atoms with Crippen molar-refractivity contribution in [1.82, 2.24) is 13.8 Å². The summed E-state index contributed by atoms with van der Waals surface area (Å²) in [5.74, 6) is 0.0507. The maximum Gasteiger partial charge on any atom is 0.244 e. The van der Waals surface area contributed by atoms with Crippen LogP contribution in [-0.4, -0.2) is 60.7 Å². The van der Waals surface area contributed by atoms with Gasteiger partial charge in [-0.3, -0.25) is 9.69 Å². The Bertz CT molecular complexity index is 1130. The lowest BCUT2D eigenvalue weighted by atomic mass is 10.1. The van der Waals surface area contributed by atoms with E-state index in [0.29, 0.717) is 13.1 Å². The summed E-state index contributed by atoms with van der Waals surface area (Å²) in [6.45, 7) is 12.1. The number of nitrogens with zero attached hydrogens (tertiary/aromatic N) is 4. The molecule has 1 aromatic carbocycles. The zero-order chi connectivity index (χ0) is 23.0. The van der Waals surface area contributed by atoms with Gasteiger partial charge in [-0.05, 0) is 52.8 Å². The number of sulfonamides is 1. The van der Waals surface area contributed by atoms with Crippen LogP contribution in [0.25, 0.3) is 0 Å². The predicted molar refractivity (Wildman–Crippen MR) is 120 cm³/mol. The molecular formula is C23H30N4O3S. The lowest BCUT2D eigenvalue weighted by Crippen LogP contribution is -2.49. The molecule has 0 bridgehead atoms. The molecule has 0 aliphatic carbocycles. The average Bonchev–Trinajstić information content (AvgIpc) is 3.02. The highest BCUT2D eigenvalue weighted by Gasteiger charge is 2.31. The monoisotopic (exact) mass is 442 g/mol. The summed E-state index contributed by atoms with van der Waals surface area (Å²) in [5, 5.41) is 9.24. The fraction of sp³-hybridized carbons (Fsp3) is 0.478. The first-order chi connectivity index (χ1) is 14.5. The fourth-order valence-electron chi connectivity index (χ4n) is 4.42. The molecule has 0 atom stereocenters. The lowest BCUT2D eigenvalue weighted by molar-refractivity contribution is 0.0901. The molecule has 3 rings (SSSR count). The number of hydrogen-bond donors (Lipinski definition) is 0. The third-order valence-corrected chi connectivity index (χ3v) is 7.68. The quantitative estimate of drug-likeness (QED) is 0.665.